The van der Waals surface area contributed by atoms with Gasteiger partial charge >= 0.3 is 18.9 Å². The van der Waals surface area contributed by atoms with Crippen LogP contribution in [0, 0.1) is 18.5 Å². The predicted molar refractivity (Wildman–Crippen MR) is 59.6 cm³/mol. The molecule has 0 spiro atoms. The van der Waals surface area contributed by atoms with Crippen LogP contribution in [0.2, 0.25) is 39.3 Å². The summed E-state index contributed by atoms with van der Waals surface area (Å²) in [6, 6.07) is 4.82. The molecule has 0 fully saturated rings. The molecule has 0 heterocycles. The van der Waals surface area contributed by atoms with Gasteiger partial charge in [-0.1, -0.05) is 39.3 Å². The Bertz CT molecular complexity index is 96.7. The van der Waals surface area contributed by atoms with Crippen LogP contribution < -0.4 is 18.9 Å². The van der Waals surface area contributed by atoms with Gasteiger partial charge < -0.3 is 0 Å². The summed E-state index contributed by atoms with van der Waals surface area (Å²) in [5.41, 5.74) is 0. The van der Waals surface area contributed by atoms with Gasteiger partial charge in [0.05, 0.1) is 0 Å². The number of hydrogen-bond acceptors (Lipinski definition) is 0. The molecular formula is C9H21LiSi2+. The van der Waals surface area contributed by atoms with Crippen molar-refractivity contribution in [3.8, 4) is 0 Å². The van der Waals surface area contributed by atoms with E-state index < -0.39 is 16.1 Å². The fourth-order valence-electron chi connectivity index (χ4n) is 0.625. The molecule has 12 heavy (non-hydrogen) atoms. The van der Waals surface area contributed by atoms with E-state index >= 15 is 0 Å². The van der Waals surface area contributed by atoms with Crippen molar-refractivity contribution in [2.24, 2.45) is 0 Å². The van der Waals surface area contributed by atoms with Crippen LogP contribution in [0.15, 0.2) is 0 Å². The van der Waals surface area contributed by atoms with Crippen molar-refractivity contribution in [3.05, 3.63) is 18.5 Å². The monoisotopic (exact) mass is 192 g/mol. The first-order valence-electron chi connectivity index (χ1n) is 4.24. The summed E-state index contributed by atoms with van der Waals surface area (Å²) in [6.45, 7) is 14.2. The molecule has 0 aliphatic heterocycles. The first kappa shape index (κ1) is 15.5. The van der Waals surface area contributed by atoms with Crippen molar-refractivity contribution in [1.82, 2.24) is 0 Å². The SMILES string of the molecule is C[Si](C)(C)[CH][CH][CH][Si](C)(C)C.[Li+]. The van der Waals surface area contributed by atoms with Crippen LogP contribution in [0.4, 0.5) is 0 Å². The van der Waals surface area contributed by atoms with E-state index in [0.717, 1.165) is 0 Å². The van der Waals surface area contributed by atoms with Crippen molar-refractivity contribution in [3.63, 3.8) is 0 Å². The Balaban J connectivity index is 0. The van der Waals surface area contributed by atoms with Crippen molar-refractivity contribution in [2.45, 2.75) is 39.3 Å². The van der Waals surface area contributed by atoms with E-state index in [4.69, 9.17) is 0 Å². The summed E-state index contributed by atoms with van der Waals surface area (Å²) in [7, 11) is -1.89. The third-order valence-electron chi connectivity index (χ3n) is 1.19. The summed E-state index contributed by atoms with van der Waals surface area (Å²) < 4.78 is 0. The molecule has 0 nitrogen and oxygen atoms in total. The van der Waals surface area contributed by atoms with Gasteiger partial charge in [-0.2, -0.15) is 0 Å². The molecule has 0 saturated carbocycles. The number of hydrogen-bond donors (Lipinski definition) is 0. The van der Waals surface area contributed by atoms with Crippen molar-refractivity contribution in [1.29, 1.82) is 0 Å². The van der Waals surface area contributed by atoms with Gasteiger partial charge in [0.2, 0.25) is 0 Å². The molecule has 0 rings (SSSR count). The van der Waals surface area contributed by atoms with E-state index in [-0.39, 0.29) is 18.9 Å². The Hall–Kier alpha value is 1.03. The van der Waals surface area contributed by atoms with Gasteiger partial charge in [0, 0.05) is 16.1 Å². The second-order valence-corrected chi connectivity index (χ2v) is 15.4. The van der Waals surface area contributed by atoms with Crippen LogP contribution in [0.1, 0.15) is 0 Å². The summed E-state index contributed by atoms with van der Waals surface area (Å²) >= 11 is 0. The smallest absolute Gasteiger partial charge is 0.0693 e. The zero-order chi connectivity index (χ0) is 9.12. The minimum absolute atomic E-state index is 0. The maximum Gasteiger partial charge on any atom is 1.00 e. The van der Waals surface area contributed by atoms with Gasteiger partial charge in [-0.25, -0.2) is 0 Å². The Labute approximate surface area is 92.7 Å². The van der Waals surface area contributed by atoms with Crippen LogP contribution in [-0.4, -0.2) is 16.1 Å². The minimum atomic E-state index is -0.947. The van der Waals surface area contributed by atoms with E-state index in [0.29, 0.717) is 0 Å². The molecule has 0 saturated heterocycles. The first-order chi connectivity index (χ1) is 4.71. The Morgan fingerprint density at radius 3 is 1.08 bits per heavy atom. The van der Waals surface area contributed by atoms with E-state index in [1.807, 2.05) is 0 Å². The quantitative estimate of drug-likeness (QED) is 0.564. The molecule has 0 aromatic heterocycles. The first-order valence-corrected chi connectivity index (χ1v) is 11.4. The Kier molecular flexibility index (Phi) is 7.36. The summed E-state index contributed by atoms with van der Waals surface area (Å²) in [6.07, 6.45) is 2.29. The maximum atomic E-state index is 2.41. The normalized spacial score (nSPS) is 12.5. The van der Waals surface area contributed by atoms with Gasteiger partial charge in [0.15, 0.2) is 0 Å². The summed E-state index contributed by atoms with van der Waals surface area (Å²) in [5, 5.41) is 0. The van der Waals surface area contributed by atoms with E-state index in [1.54, 1.807) is 0 Å². The molecule has 0 atom stereocenters. The van der Waals surface area contributed by atoms with Gasteiger partial charge in [-0.05, 0) is 18.5 Å². The molecule has 0 aliphatic carbocycles. The fourth-order valence-corrected chi connectivity index (χ4v) is 2.17. The van der Waals surface area contributed by atoms with Crippen molar-refractivity contribution >= 4 is 16.1 Å². The zero-order valence-corrected chi connectivity index (χ0v) is 11.7. The molecule has 0 amide bonds. The van der Waals surface area contributed by atoms with Gasteiger partial charge in [-0.3, -0.25) is 0 Å². The molecule has 0 N–H and O–H groups in total. The average Bonchev–Trinajstić information content (AvgIpc) is 1.55. The van der Waals surface area contributed by atoms with Crippen LogP contribution in [-0.2, 0) is 0 Å². The Morgan fingerprint density at radius 1 is 0.667 bits per heavy atom. The Morgan fingerprint density at radius 2 is 0.917 bits per heavy atom. The van der Waals surface area contributed by atoms with Crippen LogP contribution >= 0.6 is 0 Å². The zero-order valence-electron chi connectivity index (χ0n) is 9.73. The summed E-state index contributed by atoms with van der Waals surface area (Å²) in [5.74, 6) is 0. The predicted octanol–water partition coefficient (Wildman–Crippen LogP) is 0.358. The summed E-state index contributed by atoms with van der Waals surface area (Å²) in [4.78, 5) is 0. The van der Waals surface area contributed by atoms with Crippen LogP contribution in [0.5, 0.6) is 0 Å². The second-order valence-electron chi connectivity index (χ2n) is 5.26. The molecule has 3 heteroatoms. The molecule has 0 unspecified atom stereocenters. The molecule has 0 bridgehead atoms. The number of rotatable bonds is 4. The van der Waals surface area contributed by atoms with E-state index in [9.17, 15) is 0 Å². The molecule has 0 aromatic rings. The largest absolute Gasteiger partial charge is 1.00 e. The average molecular weight is 192 g/mol. The van der Waals surface area contributed by atoms with Crippen molar-refractivity contribution < 1.29 is 18.9 Å². The maximum absolute atomic E-state index is 2.41. The fraction of sp³-hybridized carbons (Fsp3) is 0.667. The van der Waals surface area contributed by atoms with Gasteiger partial charge in [0.25, 0.3) is 0 Å². The topological polar surface area (TPSA) is 0 Å². The van der Waals surface area contributed by atoms with Gasteiger partial charge in [0.1, 0.15) is 0 Å². The van der Waals surface area contributed by atoms with E-state index in [1.165, 1.54) is 0 Å². The second kappa shape index (κ2) is 5.70. The minimum Gasteiger partial charge on any atom is -0.0693 e. The third kappa shape index (κ3) is 13.6. The van der Waals surface area contributed by atoms with E-state index in [2.05, 4.69) is 57.8 Å². The van der Waals surface area contributed by atoms with Gasteiger partial charge in [-0.15, -0.1) is 0 Å². The van der Waals surface area contributed by atoms with Crippen molar-refractivity contribution in [2.75, 3.05) is 0 Å². The molecule has 65 valence electrons. The van der Waals surface area contributed by atoms with Crippen LogP contribution in [0.3, 0.4) is 0 Å². The molecule has 3 radical (unpaired) electrons. The molecule has 0 aromatic carbocycles. The standard InChI is InChI=1S/C9H21Si2.Li/c1-10(2,3)8-7-9-11(4,5)6;/h7-9H,1-6H3;/q;+1. The third-order valence-corrected chi connectivity index (χ3v) is 3.58. The molecular weight excluding hydrogens is 171 g/mol. The van der Waals surface area contributed by atoms with Crippen LogP contribution in [0.25, 0.3) is 0 Å². The molecule has 0 aliphatic rings.